The summed E-state index contributed by atoms with van der Waals surface area (Å²) in [5.74, 6) is 1.02. The molecule has 106 valence electrons. The molecule has 19 heavy (non-hydrogen) atoms. The number of hydrogen-bond donors (Lipinski definition) is 1. The maximum absolute atomic E-state index is 10.0. The van der Waals surface area contributed by atoms with Gasteiger partial charge < -0.3 is 14.6 Å². The molecule has 1 N–H and O–H groups in total. The molecule has 0 saturated carbocycles. The molecule has 0 amide bonds. The van der Waals surface area contributed by atoms with Crippen LogP contribution in [0.5, 0.6) is 17.2 Å². The molecule has 0 aliphatic rings. The molecule has 0 heterocycles. The van der Waals surface area contributed by atoms with Crippen LogP contribution in [-0.4, -0.2) is 18.8 Å². The first-order chi connectivity index (χ1) is 9.22. The van der Waals surface area contributed by atoms with Gasteiger partial charge in [0.2, 0.25) is 5.75 Å². The maximum Gasteiger partial charge on any atom is 0.200 e. The first-order valence-corrected chi connectivity index (χ1v) is 6.86. The Bertz CT molecular complexity index is 399. The second-order valence-corrected chi connectivity index (χ2v) is 4.55. The fourth-order valence-corrected chi connectivity index (χ4v) is 1.90. The molecule has 0 bridgehead atoms. The zero-order valence-corrected chi connectivity index (χ0v) is 11.9. The number of phenolic OH excluding ortho intramolecular Hbond substituents is 1. The predicted octanol–water partition coefficient (Wildman–Crippen LogP) is 4.09. The summed E-state index contributed by atoms with van der Waals surface area (Å²) in [4.78, 5) is 0. The van der Waals surface area contributed by atoms with Crippen molar-refractivity contribution in [2.45, 2.75) is 39.0 Å². The molecule has 0 aliphatic carbocycles. The van der Waals surface area contributed by atoms with Crippen molar-refractivity contribution in [3.63, 3.8) is 0 Å². The van der Waals surface area contributed by atoms with Gasteiger partial charge in [-0.3, -0.25) is 0 Å². The molecule has 0 saturated heterocycles. The van der Waals surface area contributed by atoms with Crippen LogP contribution in [0.4, 0.5) is 0 Å². The summed E-state index contributed by atoms with van der Waals surface area (Å²) < 4.78 is 10.8. The number of rotatable bonds is 9. The van der Waals surface area contributed by atoms with Gasteiger partial charge in [-0.05, 0) is 30.5 Å². The van der Waals surface area contributed by atoms with Gasteiger partial charge in [0.15, 0.2) is 11.5 Å². The Hall–Kier alpha value is -1.64. The SMILES string of the molecule is C=CCc1cc(OC)c(O)c(OCCCCCC)c1. The molecule has 1 aromatic rings. The van der Waals surface area contributed by atoms with Crippen LogP contribution in [0, 0.1) is 0 Å². The van der Waals surface area contributed by atoms with E-state index in [9.17, 15) is 5.11 Å². The zero-order chi connectivity index (χ0) is 14.1. The Balaban J connectivity index is 2.69. The lowest BCUT2D eigenvalue weighted by Crippen LogP contribution is -1.99. The minimum absolute atomic E-state index is 0.0748. The van der Waals surface area contributed by atoms with E-state index in [1.165, 1.54) is 20.0 Å². The number of aromatic hydroxyl groups is 1. The smallest absolute Gasteiger partial charge is 0.200 e. The Kier molecular flexibility index (Phi) is 6.86. The monoisotopic (exact) mass is 264 g/mol. The minimum Gasteiger partial charge on any atom is -0.502 e. The highest BCUT2D eigenvalue weighted by Crippen LogP contribution is 2.37. The van der Waals surface area contributed by atoms with Gasteiger partial charge in [-0.2, -0.15) is 0 Å². The summed E-state index contributed by atoms with van der Waals surface area (Å²) in [6.45, 7) is 6.51. The molecule has 0 atom stereocenters. The summed E-state index contributed by atoms with van der Waals surface area (Å²) in [6.07, 6.45) is 7.12. The zero-order valence-electron chi connectivity index (χ0n) is 11.9. The molecular formula is C16H24O3. The van der Waals surface area contributed by atoms with Crippen LogP contribution >= 0.6 is 0 Å². The molecule has 0 fully saturated rings. The largest absolute Gasteiger partial charge is 0.502 e. The van der Waals surface area contributed by atoms with E-state index in [-0.39, 0.29) is 5.75 Å². The second kappa shape index (κ2) is 8.46. The van der Waals surface area contributed by atoms with Crippen LogP contribution in [0.1, 0.15) is 38.2 Å². The molecule has 0 unspecified atom stereocenters. The van der Waals surface area contributed by atoms with E-state index in [1.807, 2.05) is 12.1 Å². The minimum atomic E-state index is 0.0748. The lowest BCUT2D eigenvalue weighted by Gasteiger charge is -2.12. The highest BCUT2D eigenvalue weighted by Gasteiger charge is 2.11. The van der Waals surface area contributed by atoms with Crippen LogP contribution < -0.4 is 9.47 Å². The standard InChI is InChI=1S/C16H24O3/c1-4-6-7-8-10-19-15-12-13(9-5-2)11-14(18-3)16(15)17/h5,11-12,17H,2,4,6-10H2,1,3H3. The van der Waals surface area contributed by atoms with Gasteiger partial charge in [-0.1, -0.05) is 32.3 Å². The van der Waals surface area contributed by atoms with Gasteiger partial charge in [0.05, 0.1) is 13.7 Å². The van der Waals surface area contributed by atoms with Crippen molar-refractivity contribution in [2.24, 2.45) is 0 Å². The summed E-state index contributed by atoms with van der Waals surface area (Å²) in [6, 6.07) is 3.65. The summed E-state index contributed by atoms with van der Waals surface area (Å²) in [5.41, 5.74) is 1.02. The van der Waals surface area contributed by atoms with Gasteiger partial charge in [-0.25, -0.2) is 0 Å². The highest BCUT2D eigenvalue weighted by atomic mass is 16.5. The Morgan fingerprint density at radius 3 is 2.58 bits per heavy atom. The number of phenols is 1. The molecule has 0 aliphatic heterocycles. The van der Waals surface area contributed by atoms with Gasteiger partial charge in [0.25, 0.3) is 0 Å². The average molecular weight is 264 g/mol. The van der Waals surface area contributed by atoms with Crippen LogP contribution in [0.3, 0.4) is 0 Å². The fourth-order valence-electron chi connectivity index (χ4n) is 1.90. The van der Waals surface area contributed by atoms with E-state index in [0.29, 0.717) is 18.1 Å². The van der Waals surface area contributed by atoms with Crippen molar-refractivity contribution in [3.8, 4) is 17.2 Å². The quantitative estimate of drug-likeness (QED) is 0.539. The lowest BCUT2D eigenvalue weighted by atomic mass is 10.1. The van der Waals surface area contributed by atoms with E-state index in [2.05, 4.69) is 13.5 Å². The lowest BCUT2D eigenvalue weighted by molar-refractivity contribution is 0.281. The van der Waals surface area contributed by atoms with Crippen LogP contribution in [0.2, 0.25) is 0 Å². The first-order valence-electron chi connectivity index (χ1n) is 6.86. The number of hydrogen-bond acceptors (Lipinski definition) is 3. The van der Waals surface area contributed by atoms with Gasteiger partial charge in [0, 0.05) is 0 Å². The third-order valence-corrected chi connectivity index (χ3v) is 2.96. The predicted molar refractivity (Wildman–Crippen MR) is 78.2 cm³/mol. The molecule has 3 nitrogen and oxygen atoms in total. The summed E-state index contributed by atoms with van der Waals surface area (Å²) in [5, 5.41) is 10.0. The van der Waals surface area contributed by atoms with Crippen LogP contribution in [0.15, 0.2) is 24.8 Å². The molecule has 0 aromatic heterocycles. The van der Waals surface area contributed by atoms with Crippen molar-refractivity contribution in [1.82, 2.24) is 0 Å². The van der Waals surface area contributed by atoms with Crippen molar-refractivity contribution in [1.29, 1.82) is 0 Å². The van der Waals surface area contributed by atoms with Crippen molar-refractivity contribution >= 4 is 0 Å². The highest BCUT2D eigenvalue weighted by molar-refractivity contribution is 5.53. The summed E-state index contributed by atoms with van der Waals surface area (Å²) >= 11 is 0. The number of ether oxygens (including phenoxy) is 2. The average Bonchev–Trinajstić information content (AvgIpc) is 2.41. The Labute approximate surface area is 115 Å². The second-order valence-electron chi connectivity index (χ2n) is 4.55. The first kappa shape index (κ1) is 15.4. The topological polar surface area (TPSA) is 38.7 Å². The number of unbranched alkanes of at least 4 members (excludes halogenated alkanes) is 3. The molecule has 0 spiro atoms. The normalized spacial score (nSPS) is 10.2. The Morgan fingerprint density at radius 2 is 1.95 bits per heavy atom. The van der Waals surface area contributed by atoms with Gasteiger partial charge in [0.1, 0.15) is 0 Å². The molecule has 1 aromatic carbocycles. The van der Waals surface area contributed by atoms with E-state index in [0.717, 1.165) is 24.8 Å². The van der Waals surface area contributed by atoms with Crippen molar-refractivity contribution in [2.75, 3.05) is 13.7 Å². The van der Waals surface area contributed by atoms with E-state index < -0.39 is 0 Å². The van der Waals surface area contributed by atoms with Gasteiger partial charge in [-0.15, -0.1) is 6.58 Å². The molecule has 3 heteroatoms. The third kappa shape index (κ3) is 4.86. The fraction of sp³-hybridized carbons (Fsp3) is 0.500. The Morgan fingerprint density at radius 1 is 1.21 bits per heavy atom. The van der Waals surface area contributed by atoms with E-state index in [4.69, 9.17) is 9.47 Å². The molecule has 1 rings (SSSR count). The van der Waals surface area contributed by atoms with E-state index >= 15 is 0 Å². The maximum atomic E-state index is 10.0. The van der Waals surface area contributed by atoms with E-state index in [1.54, 1.807) is 6.07 Å². The number of methoxy groups -OCH3 is 1. The molecular weight excluding hydrogens is 240 g/mol. The van der Waals surface area contributed by atoms with Crippen LogP contribution in [-0.2, 0) is 6.42 Å². The summed E-state index contributed by atoms with van der Waals surface area (Å²) in [7, 11) is 1.54. The van der Waals surface area contributed by atoms with Crippen molar-refractivity contribution < 1.29 is 14.6 Å². The van der Waals surface area contributed by atoms with Crippen molar-refractivity contribution in [3.05, 3.63) is 30.4 Å². The van der Waals surface area contributed by atoms with Gasteiger partial charge >= 0.3 is 0 Å². The number of benzene rings is 1. The number of allylic oxidation sites excluding steroid dienone is 1. The third-order valence-electron chi connectivity index (χ3n) is 2.96. The molecule has 0 radical (unpaired) electrons. The van der Waals surface area contributed by atoms with Crippen LogP contribution in [0.25, 0.3) is 0 Å².